The average molecular weight is 172 g/mol. The maximum atomic E-state index is 9.60. The molecule has 1 N–H and O–H groups in total. The van der Waals surface area contributed by atoms with Gasteiger partial charge in [0, 0.05) is 0 Å². The van der Waals surface area contributed by atoms with E-state index in [4.69, 9.17) is 0 Å². The fourth-order valence-electron chi connectivity index (χ4n) is 1.27. The summed E-state index contributed by atoms with van der Waals surface area (Å²) in [6.45, 7) is 8.80. The highest BCUT2D eigenvalue weighted by atomic mass is 16.3. The average Bonchev–Trinajstić information content (AvgIpc) is 2.00. The van der Waals surface area contributed by atoms with E-state index in [0.29, 0.717) is 5.92 Å². The Bertz CT molecular complexity index is 99.2. The second-order valence-corrected chi connectivity index (χ2v) is 4.37. The Kier molecular flexibility index (Phi) is 6.45. The van der Waals surface area contributed by atoms with Crippen LogP contribution in [0.3, 0.4) is 0 Å². The van der Waals surface area contributed by atoms with Crippen molar-refractivity contribution in [2.45, 2.75) is 59.5 Å². The summed E-state index contributed by atoms with van der Waals surface area (Å²) >= 11 is 0. The second kappa shape index (κ2) is 6.47. The smallest absolute Gasteiger partial charge is 0.0542 e. The highest BCUT2D eigenvalue weighted by molar-refractivity contribution is 4.61. The fourth-order valence-corrected chi connectivity index (χ4v) is 1.27. The lowest BCUT2D eigenvalue weighted by Crippen LogP contribution is -2.12. The summed E-state index contributed by atoms with van der Waals surface area (Å²) in [5, 5.41) is 9.60. The van der Waals surface area contributed by atoms with Crippen LogP contribution in [0.15, 0.2) is 0 Å². The largest absolute Gasteiger partial charge is 0.393 e. The fraction of sp³-hybridized carbons (Fsp3) is 1.00. The third kappa shape index (κ3) is 6.66. The third-order valence-corrected chi connectivity index (χ3v) is 2.45. The number of rotatable bonds is 6. The molecule has 0 aliphatic rings. The van der Waals surface area contributed by atoms with E-state index in [1.165, 1.54) is 6.42 Å². The van der Waals surface area contributed by atoms with E-state index in [9.17, 15) is 5.11 Å². The van der Waals surface area contributed by atoms with Crippen molar-refractivity contribution in [2.24, 2.45) is 11.8 Å². The van der Waals surface area contributed by atoms with Gasteiger partial charge in [0.15, 0.2) is 0 Å². The predicted octanol–water partition coefficient (Wildman–Crippen LogP) is 3.22. The number of aliphatic hydroxyl groups excluding tert-OH is 1. The van der Waals surface area contributed by atoms with E-state index < -0.39 is 0 Å². The Hall–Kier alpha value is -0.0400. The van der Waals surface area contributed by atoms with E-state index in [-0.39, 0.29) is 6.10 Å². The molecule has 0 rings (SSSR count). The zero-order chi connectivity index (χ0) is 9.56. The Balaban J connectivity index is 3.39. The maximum absolute atomic E-state index is 9.60. The Morgan fingerprint density at radius 1 is 1.08 bits per heavy atom. The summed E-state index contributed by atoms with van der Waals surface area (Å²) in [7, 11) is 0. The molecule has 74 valence electrons. The lowest BCUT2D eigenvalue weighted by Gasteiger charge is -2.15. The van der Waals surface area contributed by atoms with Crippen LogP contribution in [-0.2, 0) is 0 Å². The highest BCUT2D eigenvalue weighted by Gasteiger charge is 2.09. The molecule has 0 bridgehead atoms. The van der Waals surface area contributed by atoms with Crippen molar-refractivity contribution in [3.05, 3.63) is 0 Å². The van der Waals surface area contributed by atoms with E-state index in [1.54, 1.807) is 0 Å². The van der Waals surface area contributed by atoms with Crippen LogP contribution in [0.1, 0.15) is 53.4 Å². The third-order valence-electron chi connectivity index (χ3n) is 2.45. The van der Waals surface area contributed by atoms with Crippen LogP contribution < -0.4 is 0 Å². The molecule has 0 aliphatic carbocycles. The summed E-state index contributed by atoms with van der Waals surface area (Å²) in [5.74, 6) is 1.39. The molecule has 0 aliphatic heterocycles. The van der Waals surface area contributed by atoms with Crippen molar-refractivity contribution in [3.8, 4) is 0 Å². The van der Waals surface area contributed by atoms with Crippen molar-refractivity contribution in [1.29, 1.82) is 0 Å². The zero-order valence-electron chi connectivity index (χ0n) is 9.01. The molecular weight excluding hydrogens is 148 g/mol. The van der Waals surface area contributed by atoms with Crippen molar-refractivity contribution in [3.63, 3.8) is 0 Å². The molecule has 0 amide bonds. The van der Waals surface area contributed by atoms with Crippen LogP contribution in [-0.4, -0.2) is 11.2 Å². The van der Waals surface area contributed by atoms with Gasteiger partial charge < -0.3 is 5.11 Å². The number of hydrogen-bond acceptors (Lipinski definition) is 1. The molecule has 0 spiro atoms. The molecule has 0 radical (unpaired) electrons. The standard InChI is InChI=1S/C11H24O/c1-5-10(4)8-11(12)7-6-9(2)3/h9-12H,5-8H2,1-4H3/t10-,11-/m0/s1. The van der Waals surface area contributed by atoms with E-state index in [1.807, 2.05) is 0 Å². The molecule has 0 fully saturated rings. The minimum atomic E-state index is -0.0673. The molecule has 0 saturated carbocycles. The van der Waals surface area contributed by atoms with Gasteiger partial charge in [-0.25, -0.2) is 0 Å². The lowest BCUT2D eigenvalue weighted by atomic mass is 9.96. The van der Waals surface area contributed by atoms with Crippen molar-refractivity contribution in [2.75, 3.05) is 0 Å². The van der Waals surface area contributed by atoms with Gasteiger partial charge in [0.05, 0.1) is 6.10 Å². The second-order valence-electron chi connectivity index (χ2n) is 4.37. The predicted molar refractivity (Wildman–Crippen MR) is 54.2 cm³/mol. The van der Waals surface area contributed by atoms with Crippen molar-refractivity contribution < 1.29 is 5.11 Å². The Labute approximate surface area is 77.2 Å². The van der Waals surface area contributed by atoms with E-state index in [2.05, 4.69) is 27.7 Å². The van der Waals surface area contributed by atoms with Crippen LogP contribution in [0.25, 0.3) is 0 Å². The van der Waals surface area contributed by atoms with Gasteiger partial charge in [-0.1, -0.05) is 34.1 Å². The van der Waals surface area contributed by atoms with E-state index in [0.717, 1.165) is 25.2 Å². The van der Waals surface area contributed by atoms with Crippen LogP contribution in [0.5, 0.6) is 0 Å². The summed E-state index contributed by atoms with van der Waals surface area (Å²) in [4.78, 5) is 0. The van der Waals surface area contributed by atoms with E-state index >= 15 is 0 Å². The van der Waals surface area contributed by atoms with Gasteiger partial charge in [-0.2, -0.15) is 0 Å². The van der Waals surface area contributed by atoms with Gasteiger partial charge in [0.1, 0.15) is 0 Å². The SMILES string of the molecule is CC[C@H](C)C[C@@H](O)CCC(C)C. The summed E-state index contributed by atoms with van der Waals surface area (Å²) in [5.41, 5.74) is 0. The van der Waals surface area contributed by atoms with Gasteiger partial charge in [-0.05, 0) is 31.1 Å². The highest BCUT2D eigenvalue weighted by Crippen LogP contribution is 2.15. The minimum absolute atomic E-state index is 0.0673. The summed E-state index contributed by atoms with van der Waals surface area (Å²) in [6, 6.07) is 0. The van der Waals surface area contributed by atoms with Gasteiger partial charge in [0.25, 0.3) is 0 Å². The number of hydrogen-bond donors (Lipinski definition) is 1. The van der Waals surface area contributed by atoms with Gasteiger partial charge in [0.2, 0.25) is 0 Å². The quantitative estimate of drug-likeness (QED) is 0.652. The number of aliphatic hydroxyl groups is 1. The first-order valence-corrected chi connectivity index (χ1v) is 5.24. The molecule has 0 unspecified atom stereocenters. The Morgan fingerprint density at radius 2 is 1.67 bits per heavy atom. The molecule has 0 saturated heterocycles. The molecule has 1 heteroatoms. The zero-order valence-corrected chi connectivity index (χ0v) is 9.01. The normalized spacial score (nSPS) is 16.5. The maximum Gasteiger partial charge on any atom is 0.0542 e. The minimum Gasteiger partial charge on any atom is -0.393 e. The molecule has 0 heterocycles. The van der Waals surface area contributed by atoms with Crippen molar-refractivity contribution >= 4 is 0 Å². The molecule has 1 nitrogen and oxygen atoms in total. The van der Waals surface area contributed by atoms with Crippen LogP contribution in [0.2, 0.25) is 0 Å². The molecule has 0 aromatic heterocycles. The van der Waals surface area contributed by atoms with Crippen LogP contribution in [0.4, 0.5) is 0 Å². The first-order valence-electron chi connectivity index (χ1n) is 5.24. The topological polar surface area (TPSA) is 20.2 Å². The molecule has 0 aromatic rings. The molecule has 2 atom stereocenters. The summed E-state index contributed by atoms with van der Waals surface area (Å²) < 4.78 is 0. The van der Waals surface area contributed by atoms with Gasteiger partial charge >= 0.3 is 0 Å². The Morgan fingerprint density at radius 3 is 2.08 bits per heavy atom. The van der Waals surface area contributed by atoms with Crippen LogP contribution in [0, 0.1) is 11.8 Å². The van der Waals surface area contributed by atoms with Gasteiger partial charge in [-0.15, -0.1) is 0 Å². The van der Waals surface area contributed by atoms with Gasteiger partial charge in [-0.3, -0.25) is 0 Å². The first kappa shape index (κ1) is 12.0. The monoisotopic (exact) mass is 172 g/mol. The van der Waals surface area contributed by atoms with Crippen LogP contribution >= 0.6 is 0 Å². The molecule has 12 heavy (non-hydrogen) atoms. The molecular formula is C11H24O. The molecule has 0 aromatic carbocycles. The summed E-state index contributed by atoms with van der Waals surface area (Å²) in [6.07, 6.45) is 4.21. The first-order chi connectivity index (χ1) is 5.56. The van der Waals surface area contributed by atoms with Crippen molar-refractivity contribution in [1.82, 2.24) is 0 Å². The lowest BCUT2D eigenvalue weighted by molar-refractivity contribution is 0.128.